The lowest BCUT2D eigenvalue weighted by Crippen LogP contribution is -2.35. The van der Waals surface area contributed by atoms with Crippen LogP contribution in [0.25, 0.3) is 0 Å². The van der Waals surface area contributed by atoms with Crippen LogP contribution in [0.1, 0.15) is 18.9 Å². The third kappa shape index (κ3) is 3.53. The normalized spacial score (nSPS) is 12.2. The number of rotatable bonds is 5. The van der Waals surface area contributed by atoms with Crippen LogP contribution >= 0.6 is 23.4 Å². The summed E-state index contributed by atoms with van der Waals surface area (Å²) in [4.78, 5) is 24.0. The molecule has 2 rings (SSSR count). The lowest BCUT2D eigenvalue weighted by atomic mass is 10.2. The predicted octanol–water partition coefficient (Wildman–Crippen LogP) is 2.26. The van der Waals surface area contributed by atoms with Crippen LogP contribution in [0, 0.1) is 6.92 Å². The van der Waals surface area contributed by atoms with E-state index >= 15 is 0 Å². The van der Waals surface area contributed by atoms with Gasteiger partial charge in [0, 0.05) is 10.7 Å². The summed E-state index contributed by atoms with van der Waals surface area (Å²) >= 11 is 7.22. The van der Waals surface area contributed by atoms with E-state index in [1.165, 1.54) is 16.4 Å². The molecule has 0 aliphatic rings. The van der Waals surface area contributed by atoms with Crippen molar-refractivity contribution in [1.82, 2.24) is 5.27 Å². The number of amides is 1. The number of nitrogens with one attached hydrogen (secondary N) is 2. The van der Waals surface area contributed by atoms with Crippen molar-refractivity contribution in [2.24, 2.45) is 7.05 Å². The number of H-pyrrole nitrogens is 1. The van der Waals surface area contributed by atoms with Crippen molar-refractivity contribution < 1.29 is 14.0 Å². The van der Waals surface area contributed by atoms with Crippen LogP contribution in [-0.2, 0) is 11.8 Å². The van der Waals surface area contributed by atoms with Gasteiger partial charge in [0.15, 0.2) is 7.05 Å². The van der Waals surface area contributed by atoms with Gasteiger partial charge in [-0.1, -0.05) is 29.3 Å². The highest BCUT2D eigenvalue weighted by molar-refractivity contribution is 8.00. The third-order valence-corrected chi connectivity index (χ3v) is 5.10. The molecule has 2 aromatic rings. The van der Waals surface area contributed by atoms with E-state index in [4.69, 9.17) is 11.6 Å². The Balaban J connectivity index is 2.16. The van der Waals surface area contributed by atoms with Crippen LogP contribution in [0.2, 0.25) is 5.02 Å². The average Bonchev–Trinajstić information content (AvgIpc) is 2.80. The van der Waals surface area contributed by atoms with E-state index in [-0.39, 0.29) is 5.91 Å². The van der Waals surface area contributed by atoms with Crippen LogP contribution in [0.15, 0.2) is 32.5 Å². The average molecular weight is 343 g/mol. The van der Waals surface area contributed by atoms with Crippen LogP contribution in [0.3, 0.4) is 0 Å². The summed E-state index contributed by atoms with van der Waals surface area (Å²) in [6.45, 7) is 3.73. The number of anilines is 1. The lowest BCUT2D eigenvalue weighted by Gasteiger charge is -2.14. The Morgan fingerprint density at radius 2 is 2.27 bits per heavy atom. The smallest absolute Gasteiger partial charge is 0.325 e. The number of carbonyl (C=O) groups is 1. The first-order valence-electron chi connectivity index (χ1n) is 6.74. The quantitative estimate of drug-likeness (QED) is 0.645. The molecule has 1 amide bonds. The zero-order chi connectivity index (χ0) is 16.3. The Bertz CT molecular complexity index is 741. The molecule has 1 atom stereocenters. The minimum absolute atomic E-state index is 0.182. The number of carbonyl (C=O) groups excluding carboxylic acids is 1. The molecule has 0 saturated heterocycles. The number of hydrogen-bond donors (Lipinski definition) is 2. The highest BCUT2D eigenvalue weighted by Gasteiger charge is 2.27. The Kier molecular flexibility index (Phi) is 5.31. The second kappa shape index (κ2) is 7.02. The van der Waals surface area contributed by atoms with Gasteiger partial charge >= 0.3 is 10.7 Å². The molecule has 0 fully saturated rings. The molecule has 1 aromatic heterocycles. The van der Waals surface area contributed by atoms with E-state index in [2.05, 4.69) is 15.1 Å². The van der Waals surface area contributed by atoms with Crippen molar-refractivity contribution in [2.75, 3.05) is 5.32 Å². The largest absolute Gasteiger partial charge is 0.441 e. The van der Waals surface area contributed by atoms with Crippen molar-refractivity contribution in [1.29, 1.82) is 0 Å². The lowest BCUT2D eigenvalue weighted by molar-refractivity contribution is -0.772. The number of aromatic amines is 1. The van der Waals surface area contributed by atoms with Crippen molar-refractivity contribution in [2.45, 2.75) is 30.5 Å². The fourth-order valence-corrected chi connectivity index (χ4v) is 2.98. The van der Waals surface area contributed by atoms with E-state index in [1.807, 2.05) is 13.8 Å². The van der Waals surface area contributed by atoms with E-state index in [1.54, 1.807) is 25.2 Å². The van der Waals surface area contributed by atoms with Gasteiger partial charge in [0.25, 0.3) is 0 Å². The van der Waals surface area contributed by atoms with Gasteiger partial charge in [0.2, 0.25) is 5.91 Å². The van der Waals surface area contributed by atoms with Gasteiger partial charge in [-0.25, -0.2) is 4.79 Å². The molecule has 6 nitrogen and oxygen atoms in total. The van der Waals surface area contributed by atoms with Gasteiger partial charge in [-0.2, -0.15) is 0 Å². The third-order valence-electron chi connectivity index (χ3n) is 3.20. The molecule has 0 bridgehead atoms. The highest BCUT2D eigenvalue weighted by Crippen LogP contribution is 2.25. The van der Waals surface area contributed by atoms with Crippen molar-refractivity contribution >= 4 is 35.0 Å². The fourth-order valence-electron chi connectivity index (χ4n) is 1.87. The Morgan fingerprint density at radius 3 is 2.86 bits per heavy atom. The van der Waals surface area contributed by atoms with Gasteiger partial charge in [-0.3, -0.25) is 9.32 Å². The summed E-state index contributed by atoms with van der Waals surface area (Å²) in [5, 5.41) is 5.82. The highest BCUT2D eigenvalue weighted by atomic mass is 35.5. The zero-order valence-corrected chi connectivity index (χ0v) is 14.0. The van der Waals surface area contributed by atoms with Crippen molar-refractivity contribution in [3.8, 4) is 0 Å². The number of thioether (sulfide) groups is 1. The first kappa shape index (κ1) is 16.6. The molecule has 0 aliphatic carbocycles. The molecular weight excluding hydrogens is 326 g/mol. The second-order valence-electron chi connectivity index (χ2n) is 4.76. The minimum atomic E-state index is -0.488. The molecule has 0 radical (unpaired) electrons. The van der Waals surface area contributed by atoms with Crippen LogP contribution < -0.4 is 15.6 Å². The summed E-state index contributed by atoms with van der Waals surface area (Å²) in [7, 11) is 1.65. The van der Waals surface area contributed by atoms with Gasteiger partial charge < -0.3 is 5.32 Å². The molecule has 0 spiro atoms. The maximum atomic E-state index is 12.4. The second-order valence-corrected chi connectivity index (χ2v) is 6.36. The Hall–Kier alpha value is -1.73. The fraction of sp³-hybridized carbons (Fsp3) is 0.357. The molecular formula is C14H17ClN3O3S+. The first-order chi connectivity index (χ1) is 10.4. The summed E-state index contributed by atoms with van der Waals surface area (Å²) in [6, 6.07) is 5.34. The monoisotopic (exact) mass is 342 g/mol. The van der Waals surface area contributed by atoms with E-state index in [9.17, 15) is 9.59 Å². The topological polar surface area (TPSA) is 79.0 Å². The Morgan fingerprint density at radius 1 is 1.55 bits per heavy atom. The maximum absolute atomic E-state index is 12.4. The number of aromatic nitrogens is 2. The molecule has 0 aliphatic heterocycles. The van der Waals surface area contributed by atoms with Gasteiger partial charge in [-0.05, 0) is 48.1 Å². The molecule has 118 valence electrons. The minimum Gasteiger partial charge on any atom is -0.325 e. The summed E-state index contributed by atoms with van der Waals surface area (Å²) in [5.74, 6) is -0.182. The van der Waals surface area contributed by atoms with Crippen LogP contribution in [0.4, 0.5) is 5.69 Å². The van der Waals surface area contributed by atoms with E-state index in [0.29, 0.717) is 22.2 Å². The van der Waals surface area contributed by atoms with Crippen LogP contribution in [-0.4, -0.2) is 16.4 Å². The standard InChI is InChI=1S/C14H16ClN3O3S/c1-4-11(22-13-14(20)21-17-18(13)3)12(19)16-10-7-5-6-9(15)8(10)2/h5-7,11H,4H2,1-3H3,(H-,16,17,19,20)/p+1. The number of benzene rings is 1. The van der Waals surface area contributed by atoms with Crippen LogP contribution in [0.5, 0.6) is 0 Å². The molecule has 1 heterocycles. The summed E-state index contributed by atoms with van der Waals surface area (Å²) in [5.41, 5.74) is 0.990. The number of nitrogens with zero attached hydrogens (tertiary/aromatic N) is 1. The number of hydrogen-bond acceptors (Lipinski definition) is 4. The number of halogens is 1. The van der Waals surface area contributed by atoms with Gasteiger partial charge in [0.05, 0.1) is 5.25 Å². The van der Waals surface area contributed by atoms with Crippen molar-refractivity contribution in [3.63, 3.8) is 0 Å². The SMILES string of the molecule is CCC(Sc1c(=O)o[nH][n+]1C)C(=O)Nc1cccc(Cl)c1C. The van der Waals surface area contributed by atoms with Crippen molar-refractivity contribution in [3.05, 3.63) is 39.2 Å². The summed E-state index contributed by atoms with van der Waals surface area (Å²) in [6.07, 6.45) is 0.570. The van der Waals surface area contributed by atoms with Gasteiger partial charge in [-0.15, -0.1) is 0 Å². The van der Waals surface area contributed by atoms with Gasteiger partial charge in [0.1, 0.15) is 0 Å². The molecule has 8 heteroatoms. The molecule has 1 unspecified atom stereocenters. The van der Waals surface area contributed by atoms with E-state index in [0.717, 1.165) is 5.56 Å². The number of aryl methyl sites for hydroxylation is 1. The van der Waals surface area contributed by atoms with E-state index < -0.39 is 10.9 Å². The predicted molar refractivity (Wildman–Crippen MR) is 85.3 cm³/mol. The maximum Gasteiger partial charge on any atom is 0.441 e. The molecule has 0 saturated carbocycles. The Labute approximate surface area is 136 Å². The first-order valence-corrected chi connectivity index (χ1v) is 8.00. The molecule has 1 aromatic carbocycles. The molecule has 2 N–H and O–H groups in total. The zero-order valence-electron chi connectivity index (χ0n) is 12.5. The molecule has 22 heavy (non-hydrogen) atoms. The summed E-state index contributed by atoms with van der Waals surface area (Å²) < 4.78 is 6.14.